The summed E-state index contributed by atoms with van der Waals surface area (Å²) < 4.78 is 1.78. The molecule has 0 fully saturated rings. The number of allylic oxidation sites excluding steroid dienone is 1. The van der Waals surface area contributed by atoms with Gasteiger partial charge in [-0.15, -0.1) is 5.10 Å². The zero-order chi connectivity index (χ0) is 22.9. The van der Waals surface area contributed by atoms with E-state index < -0.39 is 6.04 Å². The topological polar surface area (TPSA) is 71.8 Å². The van der Waals surface area contributed by atoms with Gasteiger partial charge in [-0.3, -0.25) is 4.79 Å². The third kappa shape index (κ3) is 4.13. The Morgan fingerprint density at radius 2 is 1.76 bits per heavy atom. The van der Waals surface area contributed by atoms with E-state index in [1.54, 1.807) is 4.68 Å². The maximum Gasteiger partial charge on any atom is 0.255 e. The van der Waals surface area contributed by atoms with Crippen molar-refractivity contribution in [3.05, 3.63) is 106 Å². The molecule has 0 aliphatic carbocycles. The highest BCUT2D eigenvalue weighted by molar-refractivity contribution is 6.30. The number of para-hydroxylation sites is 1. The lowest BCUT2D eigenvalue weighted by atomic mass is 9.94. The summed E-state index contributed by atoms with van der Waals surface area (Å²) >= 11 is 6.05. The van der Waals surface area contributed by atoms with Crippen molar-refractivity contribution in [2.24, 2.45) is 0 Å². The first-order chi connectivity index (χ1) is 16.0. The molecule has 7 heteroatoms. The molecule has 164 valence electrons. The average molecular weight is 456 g/mol. The SMILES string of the molecule is CC1=C(C(=O)Nc2ccccc2)C(c2cccc(C)c2)n2nc(-c3ccc(Cl)cc3)nc2N1. The van der Waals surface area contributed by atoms with Crippen LogP contribution < -0.4 is 10.6 Å². The van der Waals surface area contributed by atoms with E-state index in [9.17, 15) is 4.79 Å². The number of carbonyl (C=O) groups excluding carboxylic acids is 1. The van der Waals surface area contributed by atoms with Crippen LogP contribution >= 0.6 is 11.6 Å². The van der Waals surface area contributed by atoms with Crippen LogP contribution in [-0.4, -0.2) is 20.7 Å². The van der Waals surface area contributed by atoms with Gasteiger partial charge in [-0.05, 0) is 55.8 Å². The maximum atomic E-state index is 13.5. The smallest absolute Gasteiger partial charge is 0.255 e. The van der Waals surface area contributed by atoms with E-state index in [1.807, 2.05) is 86.6 Å². The van der Waals surface area contributed by atoms with E-state index in [4.69, 9.17) is 21.7 Å². The van der Waals surface area contributed by atoms with Crippen molar-refractivity contribution in [2.45, 2.75) is 19.9 Å². The molecule has 1 aliphatic heterocycles. The van der Waals surface area contributed by atoms with Crippen molar-refractivity contribution in [1.29, 1.82) is 0 Å². The lowest BCUT2D eigenvalue weighted by molar-refractivity contribution is -0.113. The average Bonchev–Trinajstić information content (AvgIpc) is 3.22. The van der Waals surface area contributed by atoms with Gasteiger partial charge in [-0.2, -0.15) is 4.98 Å². The van der Waals surface area contributed by atoms with E-state index in [2.05, 4.69) is 16.7 Å². The van der Waals surface area contributed by atoms with Crippen molar-refractivity contribution < 1.29 is 4.79 Å². The van der Waals surface area contributed by atoms with Gasteiger partial charge in [0.25, 0.3) is 5.91 Å². The van der Waals surface area contributed by atoms with E-state index in [0.29, 0.717) is 22.4 Å². The fourth-order valence-corrected chi connectivity index (χ4v) is 4.16. The van der Waals surface area contributed by atoms with Crippen LogP contribution in [0.1, 0.15) is 24.1 Å². The first-order valence-electron chi connectivity index (χ1n) is 10.6. The zero-order valence-electron chi connectivity index (χ0n) is 18.2. The minimum Gasteiger partial charge on any atom is -0.328 e. The molecule has 0 saturated heterocycles. The maximum absolute atomic E-state index is 13.5. The van der Waals surface area contributed by atoms with Gasteiger partial charge in [0.05, 0.1) is 5.57 Å². The van der Waals surface area contributed by atoms with Crippen LogP contribution in [0.3, 0.4) is 0 Å². The van der Waals surface area contributed by atoms with Crippen LogP contribution in [0.4, 0.5) is 11.6 Å². The molecular formula is C26H22ClN5O. The number of hydrogen-bond acceptors (Lipinski definition) is 4. The molecule has 0 saturated carbocycles. The molecule has 0 spiro atoms. The molecule has 1 amide bonds. The largest absolute Gasteiger partial charge is 0.328 e. The second kappa shape index (κ2) is 8.56. The monoisotopic (exact) mass is 455 g/mol. The van der Waals surface area contributed by atoms with E-state index in [-0.39, 0.29) is 5.91 Å². The first-order valence-corrected chi connectivity index (χ1v) is 11.0. The molecule has 4 aromatic rings. The fraction of sp³-hybridized carbons (Fsp3) is 0.115. The summed E-state index contributed by atoms with van der Waals surface area (Å²) in [5, 5.41) is 11.7. The third-order valence-electron chi connectivity index (χ3n) is 5.59. The molecule has 33 heavy (non-hydrogen) atoms. The molecule has 1 aliphatic rings. The van der Waals surface area contributed by atoms with Crippen LogP contribution in [0.25, 0.3) is 11.4 Å². The third-order valence-corrected chi connectivity index (χ3v) is 5.84. The minimum atomic E-state index is -0.432. The van der Waals surface area contributed by atoms with Crippen LogP contribution in [-0.2, 0) is 4.79 Å². The number of rotatable bonds is 4. The van der Waals surface area contributed by atoms with Crippen molar-refractivity contribution in [3.63, 3.8) is 0 Å². The standard InChI is InChI=1S/C26H22ClN5O/c1-16-7-6-8-19(15-16)23-22(25(33)29-21-9-4-3-5-10-21)17(2)28-26-30-24(31-32(23)26)18-11-13-20(27)14-12-18/h3-15,23H,1-2H3,(H,29,33)(H,28,30,31). The quantitative estimate of drug-likeness (QED) is 0.406. The molecule has 0 radical (unpaired) electrons. The zero-order valence-corrected chi connectivity index (χ0v) is 19.0. The normalized spacial score (nSPS) is 15.1. The number of hydrogen-bond donors (Lipinski definition) is 2. The number of anilines is 2. The molecule has 5 rings (SSSR count). The molecular weight excluding hydrogens is 434 g/mol. The van der Waals surface area contributed by atoms with E-state index in [1.165, 1.54) is 0 Å². The molecule has 6 nitrogen and oxygen atoms in total. The minimum absolute atomic E-state index is 0.188. The Morgan fingerprint density at radius 3 is 2.48 bits per heavy atom. The van der Waals surface area contributed by atoms with Crippen molar-refractivity contribution in [2.75, 3.05) is 10.6 Å². The Hall–Kier alpha value is -3.90. The Kier molecular flexibility index (Phi) is 5.44. The van der Waals surface area contributed by atoms with Gasteiger partial charge >= 0.3 is 0 Å². The molecule has 3 aromatic carbocycles. The number of carbonyl (C=O) groups is 1. The van der Waals surface area contributed by atoms with Gasteiger partial charge in [-0.25, -0.2) is 4.68 Å². The van der Waals surface area contributed by atoms with Gasteiger partial charge in [0.2, 0.25) is 5.95 Å². The summed E-state index contributed by atoms with van der Waals surface area (Å²) in [4.78, 5) is 18.2. The van der Waals surface area contributed by atoms with Crippen molar-refractivity contribution >= 4 is 29.1 Å². The second-order valence-corrected chi connectivity index (χ2v) is 8.45. The number of aryl methyl sites for hydroxylation is 1. The Labute approximate surface area is 196 Å². The molecule has 1 unspecified atom stereocenters. The Bertz CT molecular complexity index is 1360. The highest BCUT2D eigenvalue weighted by atomic mass is 35.5. The van der Waals surface area contributed by atoms with Crippen LogP contribution in [0, 0.1) is 6.92 Å². The summed E-state index contributed by atoms with van der Waals surface area (Å²) in [6.45, 7) is 3.93. The molecule has 2 heterocycles. The predicted octanol–water partition coefficient (Wildman–Crippen LogP) is 5.83. The number of halogens is 1. The predicted molar refractivity (Wildman–Crippen MR) is 131 cm³/mol. The highest BCUT2D eigenvalue weighted by Gasteiger charge is 2.34. The summed E-state index contributed by atoms with van der Waals surface area (Å²) in [7, 11) is 0. The van der Waals surface area contributed by atoms with Gasteiger partial charge in [0.1, 0.15) is 6.04 Å². The van der Waals surface area contributed by atoms with E-state index >= 15 is 0 Å². The fourth-order valence-electron chi connectivity index (χ4n) is 4.03. The van der Waals surface area contributed by atoms with E-state index in [0.717, 1.165) is 28.1 Å². The summed E-state index contributed by atoms with van der Waals surface area (Å²) in [5.74, 6) is 0.955. The summed E-state index contributed by atoms with van der Waals surface area (Å²) in [6.07, 6.45) is 0. The number of benzene rings is 3. The molecule has 1 aromatic heterocycles. The number of nitrogens with one attached hydrogen (secondary N) is 2. The first kappa shape index (κ1) is 21.0. The molecule has 0 bridgehead atoms. The van der Waals surface area contributed by atoms with Crippen LogP contribution in [0.5, 0.6) is 0 Å². The van der Waals surface area contributed by atoms with Gasteiger partial charge < -0.3 is 10.6 Å². The lowest BCUT2D eigenvalue weighted by Crippen LogP contribution is -2.31. The summed E-state index contributed by atoms with van der Waals surface area (Å²) in [6, 6.07) is 24.5. The van der Waals surface area contributed by atoms with Crippen LogP contribution in [0.2, 0.25) is 5.02 Å². The van der Waals surface area contributed by atoms with Crippen molar-refractivity contribution in [3.8, 4) is 11.4 Å². The number of amides is 1. The highest BCUT2D eigenvalue weighted by Crippen LogP contribution is 2.37. The Balaban J connectivity index is 1.61. The summed E-state index contributed by atoms with van der Waals surface area (Å²) in [5.41, 5.74) is 4.96. The lowest BCUT2D eigenvalue weighted by Gasteiger charge is -2.29. The number of nitrogens with zero attached hydrogens (tertiary/aromatic N) is 3. The van der Waals surface area contributed by atoms with Gasteiger partial charge in [0.15, 0.2) is 5.82 Å². The van der Waals surface area contributed by atoms with Crippen molar-refractivity contribution in [1.82, 2.24) is 14.8 Å². The molecule has 1 atom stereocenters. The van der Waals surface area contributed by atoms with Gasteiger partial charge in [-0.1, -0.05) is 59.6 Å². The molecule has 2 N–H and O–H groups in total. The van der Waals surface area contributed by atoms with Crippen LogP contribution in [0.15, 0.2) is 90.1 Å². The number of fused-ring (bicyclic) bond motifs is 1. The number of aromatic nitrogens is 3. The Morgan fingerprint density at radius 1 is 1.00 bits per heavy atom. The second-order valence-electron chi connectivity index (χ2n) is 8.01. The van der Waals surface area contributed by atoms with Gasteiger partial charge in [0, 0.05) is 22.0 Å².